The summed E-state index contributed by atoms with van der Waals surface area (Å²) in [6, 6.07) is 2.24. The maximum atomic E-state index is 11.8. The SMILES string of the molecule is C=CC(=O)N1CCN(CCn2cccn2)CC1CC. The normalized spacial score (nSPS) is 20.5. The van der Waals surface area contributed by atoms with E-state index in [9.17, 15) is 4.79 Å². The third kappa shape index (κ3) is 3.44. The summed E-state index contributed by atoms with van der Waals surface area (Å²) >= 11 is 0. The molecule has 104 valence electrons. The summed E-state index contributed by atoms with van der Waals surface area (Å²) in [5, 5.41) is 4.21. The summed E-state index contributed by atoms with van der Waals surface area (Å²) in [7, 11) is 0. The molecular formula is C14H22N4O. The monoisotopic (exact) mass is 262 g/mol. The molecule has 1 atom stereocenters. The number of carbonyl (C=O) groups is 1. The molecule has 0 saturated carbocycles. The van der Waals surface area contributed by atoms with Crippen molar-refractivity contribution in [1.82, 2.24) is 19.6 Å². The van der Waals surface area contributed by atoms with Gasteiger partial charge in [0.1, 0.15) is 0 Å². The van der Waals surface area contributed by atoms with Gasteiger partial charge in [-0.2, -0.15) is 5.10 Å². The Balaban J connectivity index is 1.86. The third-order valence-corrected chi connectivity index (χ3v) is 3.70. The Morgan fingerprint density at radius 2 is 2.32 bits per heavy atom. The molecule has 2 rings (SSSR count). The number of hydrogen-bond donors (Lipinski definition) is 0. The zero-order valence-electron chi connectivity index (χ0n) is 11.5. The highest BCUT2D eigenvalue weighted by Crippen LogP contribution is 2.13. The fourth-order valence-corrected chi connectivity index (χ4v) is 2.56. The minimum Gasteiger partial charge on any atom is -0.334 e. The van der Waals surface area contributed by atoms with Crippen molar-refractivity contribution in [3.05, 3.63) is 31.1 Å². The van der Waals surface area contributed by atoms with Crippen LogP contribution in [0.2, 0.25) is 0 Å². The molecule has 1 unspecified atom stereocenters. The first-order chi connectivity index (χ1) is 9.24. The largest absolute Gasteiger partial charge is 0.334 e. The van der Waals surface area contributed by atoms with Crippen molar-refractivity contribution in [3.8, 4) is 0 Å². The Morgan fingerprint density at radius 1 is 1.47 bits per heavy atom. The molecule has 0 N–H and O–H groups in total. The van der Waals surface area contributed by atoms with E-state index in [0.717, 1.165) is 39.1 Å². The maximum absolute atomic E-state index is 11.8. The van der Waals surface area contributed by atoms with Crippen LogP contribution in [0.1, 0.15) is 13.3 Å². The van der Waals surface area contributed by atoms with E-state index in [-0.39, 0.29) is 5.91 Å². The van der Waals surface area contributed by atoms with Crippen molar-refractivity contribution in [1.29, 1.82) is 0 Å². The maximum Gasteiger partial charge on any atom is 0.246 e. The van der Waals surface area contributed by atoms with E-state index in [2.05, 4.69) is 23.5 Å². The van der Waals surface area contributed by atoms with Crippen molar-refractivity contribution < 1.29 is 4.79 Å². The van der Waals surface area contributed by atoms with Crippen molar-refractivity contribution in [2.45, 2.75) is 25.9 Å². The Morgan fingerprint density at radius 3 is 2.95 bits per heavy atom. The molecule has 0 aromatic carbocycles. The molecule has 0 spiro atoms. The van der Waals surface area contributed by atoms with E-state index in [1.165, 1.54) is 6.08 Å². The van der Waals surface area contributed by atoms with Gasteiger partial charge >= 0.3 is 0 Å². The van der Waals surface area contributed by atoms with Gasteiger partial charge in [0.05, 0.1) is 6.54 Å². The molecule has 0 aliphatic carbocycles. The minimum absolute atomic E-state index is 0.0542. The van der Waals surface area contributed by atoms with Gasteiger partial charge in [-0.3, -0.25) is 14.4 Å². The first-order valence-electron chi connectivity index (χ1n) is 6.87. The number of hydrogen-bond acceptors (Lipinski definition) is 3. The topological polar surface area (TPSA) is 41.4 Å². The van der Waals surface area contributed by atoms with E-state index in [1.807, 2.05) is 21.8 Å². The average Bonchev–Trinajstić information content (AvgIpc) is 2.97. The van der Waals surface area contributed by atoms with Crippen LogP contribution in [0, 0.1) is 0 Å². The van der Waals surface area contributed by atoms with Gasteiger partial charge in [-0.05, 0) is 18.6 Å². The zero-order chi connectivity index (χ0) is 13.7. The molecule has 2 heterocycles. The summed E-state index contributed by atoms with van der Waals surface area (Å²) < 4.78 is 1.95. The molecule has 1 aliphatic heterocycles. The van der Waals surface area contributed by atoms with Crippen LogP contribution >= 0.6 is 0 Å². The van der Waals surface area contributed by atoms with Crippen LogP contribution in [0.25, 0.3) is 0 Å². The number of rotatable bonds is 5. The second-order valence-electron chi connectivity index (χ2n) is 4.87. The van der Waals surface area contributed by atoms with E-state index in [0.29, 0.717) is 6.04 Å². The smallest absolute Gasteiger partial charge is 0.246 e. The standard InChI is InChI=1S/C14H22N4O/c1-3-13-12-16(8-10-17-7-5-6-15-17)9-11-18(13)14(19)4-2/h4-7,13H,2-3,8-12H2,1H3. The minimum atomic E-state index is 0.0542. The summed E-state index contributed by atoms with van der Waals surface area (Å²) in [4.78, 5) is 16.1. The molecule has 5 nitrogen and oxygen atoms in total. The summed E-state index contributed by atoms with van der Waals surface area (Å²) in [6.45, 7) is 10.3. The Hall–Kier alpha value is -1.62. The highest BCUT2D eigenvalue weighted by Gasteiger charge is 2.27. The number of aromatic nitrogens is 2. The molecule has 1 aromatic heterocycles. The average molecular weight is 262 g/mol. The van der Waals surface area contributed by atoms with Crippen LogP contribution < -0.4 is 0 Å². The fourth-order valence-electron chi connectivity index (χ4n) is 2.56. The van der Waals surface area contributed by atoms with E-state index >= 15 is 0 Å². The Labute approximate surface area is 114 Å². The van der Waals surface area contributed by atoms with Crippen LogP contribution in [-0.2, 0) is 11.3 Å². The van der Waals surface area contributed by atoms with Gasteiger partial charge in [0, 0.05) is 44.6 Å². The van der Waals surface area contributed by atoms with Gasteiger partial charge < -0.3 is 4.90 Å². The first kappa shape index (κ1) is 13.8. The lowest BCUT2D eigenvalue weighted by Crippen LogP contribution is -2.55. The second kappa shape index (κ2) is 6.52. The van der Waals surface area contributed by atoms with Gasteiger partial charge in [0.15, 0.2) is 0 Å². The van der Waals surface area contributed by atoms with E-state index in [1.54, 1.807) is 6.20 Å². The van der Waals surface area contributed by atoms with Crippen LogP contribution in [-0.4, -0.2) is 57.7 Å². The molecule has 1 amide bonds. The lowest BCUT2D eigenvalue weighted by Gasteiger charge is -2.40. The quantitative estimate of drug-likeness (QED) is 0.743. The van der Waals surface area contributed by atoms with Crippen molar-refractivity contribution in [3.63, 3.8) is 0 Å². The van der Waals surface area contributed by atoms with Gasteiger partial charge in [0.25, 0.3) is 0 Å². The van der Waals surface area contributed by atoms with Gasteiger partial charge in [-0.25, -0.2) is 0 Å². The van der Waals surface area contributed by atoms with Crippen molar-refractivity contribution in [2.75, 3.05) is 26.2 Å². The molecule has 1 aromatic rings. The van der Waals surface area contributed by atoms with Crippen LogP contribution in [0.3, 0.4) is 0 Å². The lowest BCUT2D eigenvalue weighted by molar-refractivity contribution is -0.130. The highest BCUT2D eigenvalue weighted by molar-refractivity contribution is 5.87. The van der Waals surface area contributed by atoms with Gasteiger partial charge in [-0.15, -0.1) is 0 Å². The van der Waals surface area contributed by atoms with E-state index < -0.39 is 0 Å². The highest BCUT2D eigenvalue weighted by atomic mass is 16.2. The summed E-state index contributed by atoms with van der Waals surface area (Å²) in [5.74, 6) is 0.0542. The van der Waals surface area contributed by atoms with Crippen LogP contribution in [0.15, 0.2) is 31.1 Å². The molecule has 19 heavy (non-hydrogen) atoms. The lowest BCUT2D eigenvalue weighted by atomic mass is 10.1. The third-order valence-electron chi connectivity index (χ3n) is 3.70. The Kier molecular flexibility index (Phi) is 4.74. The van der Waals surface area contributed by atoms with Gasteiger partial charge in [0.2, 0.25) is 5.91 Å². The molecule has 5 heteroatoms. The van der Waals surface area contributed by atoms with Crippen molar-refractivity contribution >= 4 is 5.91 Å². The number of amides is 1. The summed E-state index contributed by atoms with van der Waals surface area (Å²) in [6.07, 6.45) is 6.18. The predicted octanol–water partition coefficient (Wildman–Crippen LogP) is 0.992. The molecule has 0 bridgehead atoms. The zero-order valence-corrected chi connectivity index (χ0v) is 11.5. The second-order valence-corrected chi connectivity index (χ2v) is 4.87. The molecule has 1 aliphatic rings. The number of nitrogens with zero attached hydrogens (tertiary/aromatic N) is 4. The predicted molar refractivity (Wildman–Crippen MR) is 74.7 cm³/mol. The number of carbonyl (C=O) groups excluding carboxylic acids is 1. The molecule has 0 radical (unpaired) electrons. The number of piperazine rings is 1. The van der Waals surface area contributed by atoms with Crippen LogP contribution in [0.5, 0.6) is 0 Å². The fraction of sp³-hybridized carbons (Fsp3) is 0.571. The first-order valence-corrected chi connectivity index (χ1v) is 6.87. The van der Waals surface area contributed by atoms with Gasteiger partial charge in [-0.1, -0.05) is 13.5 Å². The molecule has 1 fully saturated rings. The van der Waals surface area contributed by atoms with E-state index in [4.69, 9.17) is 0 Å². The summed E-state index contributed by atoms with van der Waals surface area (Å²) in [5.41, 5.74) is 0. The van der Waals surface area contributed by atoms with Crippen molar-refractivity contribution in [2.24, 2.45) is 0 Å². The Bertz CT molecular complexity index is 415. The molecular weight excluding hydrogens is 240 g/mol. The molecule has 1 saturated heterocycles. The van der Waals surface area contributed by atoms with Crippen LogP contribution in [0.4, 0.5) is 0 Å².